The molecule has 2 saturated heterocycles. The standard InChI is InChI=1S/C27H22N2O6S/c1-13-14(2)36-26(18(13)27(33)34-3)29-24(31)19-20(25(29)32)22(23(30)17-9-6-12-35-17)28-11-10-15-7-4-5-8-16(15)21(19)28/h4-12,19-22H,1-3H3. The molecule has 0 N–H and O–H groups in total. The Morgan fingerprint density at radius 2 is 1.78 bits per heavy atom. The summed E-state index contributed by atoms with van der Waals surface area (Å²) in [5.74, 6) is -3.52. The minimum Gasteiger partial charge on any atom is -0.465 e. The largest absolute Gasteiger partial charge is 0.465 e. The minimum absolute atomic E-state index is 0.128. The van der Waals surface area contributed by atoms with Gasteiger partial charge >= 0.3 is 5.97 Å². The number of fused-ring (bicyclic) bond motifs is 5. The highest BCUT2D eigenvalue weighted by Crippen LogP contribution is 2.54. The van der Waals surface area contributed by atoms with E-state index in [1.54, 1.807) is 25.3 Å². The molecule has 4 atom stereocenters. The number of carbonyl (C=O) groups is 4. The first kappa shape index (κ1) is 22.5. The zero-order valence-corrected chi connectivity index (χ0v) is 20.6. The van der Waals surface area contributed by atoms with Crippen LogP contribution in [0.15, 0.2) is 53.3 Å². The number of rotatable bonds is 4. The van der Waals surface area contributed by atoms with E-state index in [4.69, 9.17) is 9.15 Å². The van der Waals surface area contributed by atoms with E-state index in [9.17, 15) is 19.2 Å². The summed E-state index contributed by atoms with van der Waals surface area (Å²) < 4.78 is 10.4. The van der Waals surface area contributed by atoms with Crippen LogP contribution >= 0.6 is 11.3 Å². The van der Waals surface area contributed by atoms with Crippen LogP contribution in [-0.2, 0) is 14.3 Å². The number of nitrogens with zero attached hydrogens (tertiary/aromatic N) is 2. The molecule has 0 saturated carbocycles. The number of hydrogen-bond acceptors (Lipinski definition) is 8. The summed E-state index contributed by atoms with van der Waals surface area (Å²) >= 11 is 1.20. The molecule has 0 spiro atoms. The summed E-state index contributed by atoms with van der Waals surface area (Å²) in [4.78, 5) is 58.2. The highest BCUT2D eigenvalue weighted by Gasteiger charge is 2.65. The second-order valence-electron chi connectivity index (χ2n) is 9.14. The molecule has 6 rings (SSSR count). The van der Waals surface area contributed by atoms with Gasteiger partial charge in [-0.25, -0.2) is 9.69 Å². The van der Waals surface area contributed by atoms with Gasteiger partial charge < -0.3 is 14.1 Å². The summed E-state index contributed by atoms with van der Waals surface area (Å²) in [5, 5.41) is 0.247. The smallest absolute Gasteiger partial charge is 0.341 e. The van der Waals surface area contributed by atoms with E-state index >= 15 is 0 Å². The second kappa shape index (κ2) is 8.03. The van der Waals surface area contributed by atoms with E-state index in [1.807, 2.05) is 42.2 Å². The number of thiophene rings is 1. The van der Waals surface area contributed by atoms with Crippen LogP contribution in [-0.4, -0.2) is 41.6 Å². The summed E-state index contributed by atoms with van der Waals surface area (Å²) in [7, 11) is 1.27. The van der Waals surface area contributed by atoms with Crippen molar-refractivity contribution in [3.63, 3.8) is 0 Å². The van der Waals surface area contributed by atoms with Crippen molar-refractivity contribution in [3.05, 3.63) is 81.8 Å². The minimum atomic E-state index is -0.941. The molecule has 9 heteroatoms. The van der Waals surface area contributed by atoms with Crippen molar-refractivity contribution >= 4 is 46.0 Å². The van der Waals surface area contributed by atoms with Crippen LogP contribution in [0.4, 0.5) is 5.00 Å². The SMILES string of the molecule is COC(=O)c1c(N2C(=O)C3C(C2=O)C2c4ccccc4C=CN2C3C(=O)c2ccco2)sc(C)c1C. The average Bonchev–Trinajstić information content (AvgIpc) is 3.64. The number of carbonyl (C=O) groups excluding carboxylic acids is 4. The third-order valence-electron chi connectivity index (χ3n) is 7.45. The van der Waals surface area contributed by atoms with Crippen molar-refractivity contribution in [2.45, 2.75) is 25.9 Å². The number of benzene rings is 1. The summed E-state index contributed by atoms with van der Waals surface area (Å²) in [6, 6.07) is 9.40. The van der Waals surface area contributed by atoms with Gasteiger partial charge in [-0.3, -0.25) is 14.4 Å². The molecule has 3 aliphatic heterocycles. The maximum absolute atomic E-state index is 14.1. The number of imide groups is 1. The number of ketones is 1. The number of esters is 1. The molecule has 182 valence electrons. The molecular formula is C27H22N2O6S. The Bertz CT molecular complexity index is 1470. The highest BCUT2D eigenvalue weighted by molar-refractivity contribution is 7.17. The number of ether oxygens (including phenoxy) is 1. The van der Waals surface area contributed by atoms with Crippen molar-refractivity contribution in [2.24, 2.45) is 11.8 Å². The van der Waals surface area contributed by atoms with Crippen molar-refractivity contribution in [3.8, 4) is 0 Å². The lowest BCUT2D eigenvalue weighted by Gasteiger charge is -2.34. The average molecular weight is 503 g/mol. The fourth-order valence-corrected chi connectivity index (χ4v) is 6.89. The quantitative estimate of drug-likeness (QED) is 0.300. The van der Waals surface area contributed by atoms with E-state index in [2.05, 4.69) is 0 Å². The van der Waals surface area contributed by atoms with Crippen LogP contribution in [0, 0.1) is 25.7 Å². The third-order valence-corrected chi connectivity index (χ3v) is 8.65. The summed E-state index contributed by atoms with van der Waals surface area (Å²) in [6.45, 7) is 3.59. The van der Waals surface area contributed by atoms with Crippen LogP contribution < -0.4 is 4.90 Å². The van der Waals surface area contributed by atoms with E-state index in [0.717, 1.165) is 20.9 Å². The normalized spacial score (nSPS) is 24.1. The maximum Gasteiger partial charge on any atom is 0.341 e. The van der Waals surface area contributed by atoms with Crippen LogP contribution in [0.1, 0.15) is 48.5 Å². The Morgan fingerprint density at radius 3 is 2.50 bits per heavy atom. The summed E-state index contributed by atoms with van der Waals surface area (Å²) in [6.07, 6.45) is 5.09. The predicted molar refractivity (Wildman–Crippen MR) is 131 cm³/mol. The molecule has 2 aromatic heterocycles. The first-order valence-electron chi connectivity index (χ1n) is 11.5. The van der Waals surface area contributed by atoms with Crippen molar-refractivity contribution in [1.82, 2.24) is 4.90 Å². The van der Waals surface area contributed by atoms with Crippen molar-refractivity contribution in [2.75, 3.05) is 12.0 Å². The molecular weight excluding hydrogens is 480 g/mol. The summed E-state index contributed by atoms with van der Waals surface area (Å²) in [5.41, 5.74) is 2.67. The van der Waals surface area contributed by atoms with Gasteiger partial charge in [0.1, 0.15) is 11.0 Å². The van der Waals surface area contributed by atoms with Crippen LogP contribution in [0.2, 0.25) is 0 Å². The molecule has 2 amide bonds. The number of aryl methyl sites for hydroxylation is 1. The fourth-order valence-electron chi connectivity index (χ4n) is 5.73. The molecule has 5 heterocycles. The molecule has 3 aromatic rings. The zero-order valence-electron chi connectivity index (χ0n) is 19.8. The second-order valence-corrected chi connectivity index (χ2v) is 10.3. The number of amides is 2. The van der Waals surface area contributed by atoms with Gasteiger partial charge in [0.25, 0.3) is 0 Å². The Hall–Kier alpha value is -3.98. The molecule has 1 aromatic carbocycles. The number of methoxy groups -OCH3 is 1. The molecule has 36 heavy (non-hydrogen) atoms. The first-order chi connectivity index (χ1) is 17.3. The molecule has 2 fully saturated rings. The van der Waals surface area contributed by atoms with Crippen LogP contribution in [0.5, 0.6) is 0 Å². The van der Waals surface area contributed by atoms with Gasteiger partial charge in [0, 0.05) is 11.1 Å². The molecule has 3 aliphatic rings. The van der Waals surface area contributed by atoms with Gasteiger partial charge in [-0.2, -0.15) is 0 Å². The highest BCUT2D eigenvalue weighted by atomic mass is 32.1. The van der Waals surface area contributed by atoms with Gasteiger partial charge in [0.2, 0.25) is 17.6 Å². The fraction of sp³-hybridized carbons (Fsp3) is 0.259. The predicted octanol–water partition coefficient (Wildman–Crippen LogP) is 4.14. The van der Waals surface area contributed by atoms with Gasteiger partial charge in [-0.1, -0.05) is 24.3 Å². The van der Waals surface area contributed by atoms with Crippen LogP contribution in [0.25, 0.3) is 6.08 Å². The van der Waals surface area contributed by atoms with Gasteiger partial charge in [0.15, 0.2) is 5.76 Å². The first-order valence-corrected chi connectivity index (χ1v) is 12.3. The Kier molecular flexibility index (Phi) is 5.01. The van der Waals surface area contributed by atoms with Gasteiger partial charge in [-0.05, 0) is 48.7 Å². The number of Topliss-reactive ketones (excluding diaryl/α,β-unsaturated/α-hetero) is 1. The van der Waals surface area contributed by atoms with Gasteiger partial charge in [-0.15, -0.1) is 11.3 Å². The van der Waals surface area contributed by atoms with Crippen molar-refractivity contribution < 1.29 is 28.3 Å². The van der Waals surface area contributed by atoms with E-state index < -0.39 is 41.7 Å². The molecule has 0 bridgehead atoms. The van der Waals surface area contributed by atoms with Crippen LogP contribution in [0.3, 0.4) is 0 Å². The topological polar surface area (TPSA) is 97.1 Å². The molecule has 4 unspecified atom stereocenters. The third kappa shape index (κ3) is 2.92. The Morgan fingerprint density at radius 1 is 1.03 bits per heavy atom. The van der Waals surface area contributed by atoms with E-state index in [1.165, 1.54) is 24.7 Å². The maximum atomic E-state index is 14.1. The zero-order chi connectivity index (χ0) is 25.3. The molecule has 8 nitrogen and oxygen atoms in total. The molecule has 0 radical (unpaired) electrons. The number of anilines is 1. The van der Waals surface area contributed by atoms with E-state index in [0.29, 0.717) is 5.56 Å². The number of hydrogen-bond donors (Lipinski definition) is 0. The molecule has 0 aliphatic carbocycles. The lowest BCUT2D eigenvalue weighted by atomic mass is 9.84. The van der Waals surface area contributed by atoms with Crippen molar-refractivity contribution in [1.29, 1.82) is 0 Å². The lowest BCUT2D eigenvalue weighted by Crippen LogP contribution is -2.44. The van der Waals surface area contributed by atoms with E-state index in [-0.39, 0.29) is 22.1 Å². The lowest BCUT2D eigenvalue weighted by molar-refractivity contribution is -0.123. The number of furan rings is 1. The Balaban J connectivity index is 1.52. The Labute approximate surface area is 210 Å². The monoisotopic (exact) mass is 502 g/mol. The van der Waals surface area contributed by atoms with Gasteiger partial charge in [0.05, 0.1) is 36.8 Å².